The highest BCUT2D eigenvalue weighted by Gasteiger charge is 2.09. The van der Waals surface area contributed by atoms with E-state index in [1.807, 2.05) is 35.0 Å². The molecule has 2 N–H and O–H groups in total. The van der Waals surface area contributed by atoms with E-state index in [4.69, 9.17) is 5.11 Å². The lowest BCUT2D eigenvalue weighted by Gasteiger charge is -2.03. The Morgan fingerprint density at radius 1 is 1.29 bits per heavy atom. The summed E-state index contributed by atoms with van der Waals surface area (Å²) in [5, 5.41) is 17.8. The van der Waals surface area contributed by atoms with E-state index >= 15 is 0 Å². The van der Waals surface area contributed by atoms with Crippen LogP contribution in [0.25, 0.3) is 16.2 Å². The summed E-state index contributed by atoms with van der Waals surface area (Å²) in [7, 11) is 0. The van der Waals surface area contributed by atoms with Gasteiger partial charge in [0.1, 0.15) is 0 Å². The molecule has 3 aromatic rings. The molecule has 0 radical (unpaired) electrons. The van der Waals surface area contributed by atoms with Gasteiger partial charge in [-0.3, -0.25) is 0 Å². The molecule has 2 heterocycles. The molecule has 0 fully saturated rings. The number of fused-ring (bicyclic) bond motifs is 1. The maximum Gasteiger partial charge on any atom is 0.214 e. The zero-order chi connectivity index (χ0) is 14.8. The lowest BCUT2D eigenvalue weighted by molar-refractivity contribution is 0.282. The summed E-state index contributed by atoms with van der Waals surface area (Å²) in [6.45, 7) is 5.30. The van der Waals surface area contributed by atoms with E-state index in [-0.39, 0.29) is 6.61 Å². The normalized spacial score (nSPS) is 11.4. The van der Waals surface area contributed by atoms with Gasteiger partial charge >= 0.3 is 0 Å². The van der Waals surface area contributed by atoms with Gasteiger partial charge in [-0.1, -0.05) is 49.4 Å². The van der Waals surface area contributed by atoms with Crippen LogP contribution in [0.3, 0.4) is 0 Å². The van der Waals surface area contributed by atoms with Gasteiger partial charge in [-0.2, -0.15) is 0 Å². The molecule has 0 unspecified atom stereocenters. The smallest absolute Gasteiger partial charge is 0.214 e. The predicted octanol–water partition coefficient (Wildman–Crippen LogP) is 3.02. The number of anilines is 1. The minimum atomic E-state index is 0.0605. The van der Waals surface area contributed by atoms with Crippen molar-refractivity contribution in [3.8, 4) is 11.3 Å². The first-order valence-corrected chi connectivity index (χ1v) is 7.77. The SMILES string of the molecule is CC(C)CNc1nn2cc(-c3ccc(CO)cc3)nc2s1. The van der Waals surface area contributed by atoms with Gasteiger partial charge in [-0.25, -0.2) is 9.50 Å². The Balaban J connectivity index is 1.82. The van der Waals surface area contributed by atoms with Crippen molar-refractivity contribution in [1.82, 2.24) is 14.6 Å². The Morgan fingerprint density at radius 3 is 2.67 bits per heavy atom. The molecule has 0 aliphatic rings. The average molecular weight is 302 g/mol. The Hall–Kier alpha value is -1.92. The monoisotopic (exact) mass is 302 g/mol. The third-order valence-electron chi connectivity index (χ3n) is 3.14. The number of rotatable bonds is 5. The van der Waals surface area contributed by atoms with Crippen molar-refractivity contribution < 1.29 is 5.11 Å². The summed E-state index contributed by atoms with van der Waals surface area (Å²) in [5.41, 5.74) is 2.83. The highest BCUT2D eigenvalue weighted by Crippen LogP contribution is 2.24. The van der Waals surface area contributed by atoms with E-state index in [0.717, 1.165) is 33.5 Å². The first kappa shape index (κ1) is 14.0. The molecule has 110 valence electrons. The number of nitrogens with one attached hydrogen (secondary N) is 1. The molecule has 1 aromatic carbocycles. The molecule has 0 aliphatic carbocycles. The van der Waals surface area contributed by atoms with Crippen LogP contribution in [0.15, 0.2) is 30.5 Å². The molecule has 2 aromatic heterocycles. The number of aromatic nitrogens is 3. The maximum absolute atomic E-state index is 9.07. The predicted molar refractivity (Wildman–Crippen MR) is 85.6 cm³/mol. The van der Waals surface area contributed by atoms with Crippen molar-refractivity contribution in [1.29, 1.82) is 0 Å². The molecule has 0 bridgehead atoms. The van der Waals surface area contributed by atoms with E-state index in [1.54, 1.807) is 11.3 Å². The Kier molecular flexibility index (Phi) is 3.90. The van der Waals surface area contributed by atoms with E-state index in [2.05, 4.69) is 29.2 Å². The fraction of sp³-hybridized carbons (Fsp3) is 0.333. The summed E-state index contributed by atoms with van der Waals surface area (Å²) < 4.78 is 1.81. The van der Waals surface area contributed by atoms with Gasteiger partial charge in [-0.05, 0) is 11.5 Å². The summed E-state index contributed by atoms with van der Waals surface area (Å²) in [4.78, 5) is 5.48. The lowest BCUT2D eigenvalue weighted by atomic mass is 10.1. The Bertz CT molecular complexity index is 698. The van der Waals surface area contributed by atoms with Gasteiger partial charge in [0.05, 0.1) is 18.5 Å². The molecule has 0 atom stereocenters. The molecule has 6 heteroatoms. The zero-order valence-electron chi connectivity index (χ0n) is 12.1. The van der Waals surface area contributed by atoms with E-state index in [1.165, 1.54) is 0 Å². The molecule has 0 aliphatic heterocycles. The number of aliphatic hydroxyl groups is 1. The lowest BCUT2D eigenvalue weighted by Crippen LogP contribution is -2.07. The van der Waals surface area contributed by atoms with Gasteiger partial charge in [0.2, 0.25) is 10.1 Å². The topological polar surface area (TPSA) is 62.5 Å². The molecule has 0 spiro atoms. The van der Waals surface area contributed by atoms with Crippen molar-refractivity contribution in [2.45, 2.75) is 20.5 Å². The van der Waals surface area contributed by atoms with E-state index < -0.39 is 0 Å². The number of imidazole rings is 1. The van der Waals surface area contributed by atoms with Crippen LogP contribution < -0.4 is 5.32 Å². The molecule has 3 rings (SSSR count). The van der Waals surface area contributed by atoms with Crippen LogP contribution in [0.4, 0.5) is 5.13 Å². The van der Waals surface area contributed by atoms with Crippen LogP contribution in [0.2, 0.25) is 0 Å². The van der Waals surface area contributed by atoms with Crippen LogP contribution in [-0.4, -0.2) is 26.2 Å². The first-order valence-electron chi connectivity index (χ1n) is 6.96. The second-order valence-corrected chi connectivity index (χ2v) is 6.35. The second kappa shape index (κ2) is 5.83. The number of hydrogen-bond donors (Lipinski definition) is 2. The number of aliphatic hydroxyl groups excluding tert-OH is 1. The van der Waals surface area contributed by atoms with E-state index in [0.29, 0.717) is 5.92 Å². The fourth-order valence-electron chi connectivity index (χ4n) is 1.98. The minimum absolute atomic E-state index is 0.0605. The van der Waals surface area contributed by atoms with Crippen LogP contribution in [-0.2, 0) is 6.61 Å². The number of nitrogens with zero attached hydrogens (tertiary/aromatic N) is 3. The Labute approximate surface area is 127 Å². The summed E-state index contributed by atoms with van der Waals surface area (Å²) in [6, 6.07) is 7.75. The quantitative estimate of drug-likeness (QED) is 0.760. The molecule has 21 heavy (non-hydrogen) atoms. The molecular weight excluding hydrogens is 284 g/mol. The molecule has 0 amide bonds. The largest absolute Gasteiger partial charge is 0.392 e. The van der Waals surface area contributed by atoms with Crippen LogP contribution >= 0.6 is 11.3 Å². The third kappa shape index (κ3) is 3.06. The van der Waals surface area contributed by atoms with Gasteiger partial charge in [0, 0.05) is 12.1 Å². The highest BCUT2D eigenvalue weighted by atomic mass is 32.1. The van der Waals surface area contributed by atoms with Gasteiger partial charge in [0.25, 0.3) is 0 Å². The minimum Gasteiger partial charge on any atom is -0.392 e. The zero-order valence-corrected chi connectivity index (χ0v) is 12.9. The third-order valence-corrected chi connectivity index (χ3v) is 4.02. The summed E-state index contributed by atoms with van der Waals surface area (Å²) >= 11 is 1.55. The fourth-order valence-corrected chi connectivity index (χ4v) is 2.77. The summed E-state index contributed by atoms with van der Waals surface area (Å²) in [5.74, 6) is 0.585. The number of benzene rings is 1. The molecule has 0 saturated carbocycles. The van der Waals surface area contributed by atoms with Crippen molar-refractivity contribution in [2.24, 2.45) is 5.92 Å². The highest BCUT2D eigenvalue weighted by molar-refractivity contribution is 7.20. The molecule has 0 saturated heterocycles. The van der Waals surface area contributed by atoms with Gasteiger partial charge in [-0.15, -0.1) is 5.10 Å². The number of hydrogen-bond acceptors (Lipinski definition) is 5. The summed E-state index contributed by atoms with van der Waals surface area (Å²) in [6.07, 6.45) is 1.93. The van der Waals surface area contributed by atoms with Crippen LogP contribution in [0, 0.1) is 5.92 Å². The van der Waals surface area contributed by atoms with Crippen molar-refractivity contribution in [3.63, 3.8) is 0 Å². The van der Waals surface area contributed by atoms with Crippen molar-refractivity contribution in [3.05, 3.63) is 36.0 Å². The average Bonchev–Trinajstić information content (AvgIpc) is 3.03. The Morgan fingerprint density at radius 2 is 2.05 bits per heavy atom. The van der Waals surface area contributed by atoms with Gasteiger partial charge in [0.15, 0.2) is 0 Å². The van der Waals surface area contributed by atoms with Crippen LogP contribution in [0.5, 0.6) is 0 Å². The molecular formula is C15H18N4OS. The van der Waals surface area contributed by atoms with E-state index in [9.17, 15) is 0 Å². The first-order chi connectivity index (χ1) is 10.2. The van der Waals surface area contributed by atoms with Crippen LogP contribution in [0.1, 0.15) is 19.4 Å². The maximum atomic E-state index is 9.07. The van der Waals surface area contributed by atoms with Crippen molar-refractivity contribution >= 4 is 21.4 Å². The molecule has 5 nitrogen and oxygen atoms in total. The van der Waals surface area contributed by atoms with Gasteiger partial charge < -0.3 is 10.4 Å². The second-order valence-electron chi connectivity index (χ2n) is 5.39. The van der Waals surface area contributed by atoms with Crippen molar-refractivity contribution in [2.75, 3.05) is 11.9 Å². The standard InChI is InChI=1S/C15H18N4OS/c1-10(2)7-16-14-18-19-8-13(17-15(19)21-14)12-5-3-11(9-20)4-6-12/h3-6,8,10,20H,7,9H2,1-2H3,(H,16,18).